The van der Waals surface area contributed by atoms with Crippen LogP contribution in [0, 0.1) is 10.1 Å². The van der Waals surface area contributed by atoms with Crippen molar-refractivity contribution in [3.05, 3.63) is 46.8 Å². The summed E-state index contributed by atoms with van der Waals surface area (Å²) in [4.78, 5) is 18.3. The van der Waals surface area contributed by atoms with E-state index in [-0.39, 0.29) is 11.6 Å². The van der Waals surface area contributed by atoms with Gasteiger partial charge < -0.3 is 4.74 Å². The Morgan fingerprint density at radius 2 is 2.18 bits per heavy atom. The zero-order chi connectivity index (χ0) is 12.3. The summed E-state index contributed by atoms with van der Waals surface area (Å²) in [6.07, 6.45) is 3.11. The van der Waals surface area contributed by atoms with Crippen LogP contribution < -0.4 is 4.74 Å². The van der Waals surface area contributed by atoms with Gasteiger partial charge in [0.25, 0.3) is 5.88 Å². The Balaban J connectivity index is 2.51. The topological polar surface area (TPSA) is 78.2 Å². The SMILES string of the molecule is COc1ncc(-c2ccccn2)cc1[N+](=O)[O-]. The van der Waals surface area contributed by atoms with Crippen LogP contribution in [-0.4, -0.2) is 22.0 Å². The molecule has 2 aromatic heterocycles. The minimum absolute atomic E-state index is 0.00492. The summed E-state index contributed by atoms with van der Waals surface area (Å²) in [7, 11) is 1.34. The average Bonchev–Trinajstić information content (AvgIpc) is 2.39. The molecule has 2 heterocycles. The zero-order valence-corrected chi connectivity index (χ0v) is 9.03. The summed E-state index contributed by atoms with van der Waals surface area (Å²) in [6.45, 7) is 0. The van der Waals surface area contributed by atoms with E-state index in [9.17, 15) is 10.1 Å². The number of nitro groups is 1. The van der Waals surface area contributed by atoms with Crippen molar-refractivity contribution in [3.8, 4) is 17.1 Å². The van der Waals surface area contributed by atoms with Crippen LogP contribution in [0.5, 0.6) is 5.88 Å². The van der Waals surface area contributed by atoms with E-state index in [1.807, 2.05) is 0 Å². The Morgan fingerprint density at radius 1 is 1.35 bits per heavy atom. The van der Waals surface area contributed by atoms with E-state index in [1.165, 1.54) is 19.4 Å². The smallest absolute Gasteiger partial charge is 0.331 e. The summed E-state index contributed by atoms with van der Waals surface area (Å²) < 4.78 is 4.82. The molecule has 2 rings (SSSR count). The molecule has 17 heavy (non-hydrogen) atoms. The lowest BCUT2D eigenvalue weighted by Crippen LogP contribution is -1.97. The molecule has 86 valence electrons. The second kappa shape index (κ2) is 4.56. The van der Waals surface area contributed by atoms with Gasteiger partial charge in [-0.25, -0.2) is 4.98 Å². The minimum Gasteiger partial charge on any atom is -0.476 e. The van der Waals surface area contributed by atoms with Crippen LogP contribution in [0.15, 0.2) is 36.7 Å². The van der Waals surface area contributed by atoms with E-state index < -0.39 is 4.92 Å². The molecule has 0 aliphatic rings. The highest BCUT2D eigenvalue weighted by molar-refractivity contribution is 5.63. The molecule has 0 fully saturated rings. The highest BCUT2D eigenvalue weighted by atomic mass is 16.6. The van der Waals surface area contributed by atoms with E-state index in [0.717, 1.165) is 0 Å². The molecule has 0 bridgehead atoms. The fourth-order valence-corrected chi connectivity index (χ4v) is 1.40. The number of hydrogen-bond acceptors (Lipinski definition) is 5. The second-order valence-corrected chi connectivity index (χ2v) is 3.22. The van der Waals surface area contributed by atoms with E-state index in [1.54, 1.807) is 24.4 Å². The van der Waals surface area contributed by atoms with Crippen LogP contribution in [0.25, 0.3) is 11.3 Å². The van der Waals surface area contributed by atoms with Crippen LogP contribution in [-0.2, 0) is 0 Å². The molecule has 0 saturated carbocycles. The van der Waals surface area contributed by atoms with Crippen molar-refractivity contribution in [3.63, 3.8) is 0 Å². The van der Waals surface area contributed by atoms with E-state index in [0.29, 0.717) is 11.3 Å². The Bertz CT molecular complexity index is 543. The second-order valence-electron chi connectivity index (χ2n) is 3.22. The predicted molar refractivity (Wildman–Crippen MR) is 60.7 cm³/mol. The molecule has 0 unspecified atom stereocenters. The average molecular weight is 231 g/mol. The van der Waals surface area contributed by atoms with Gasteiger partial charge in [-0.2, -0.15) is 0 Å². The monoisotopic (exact) mass is 231 g/mol. The van der Waals surface area contributed by atoms with Crippen molar-refractivity contribution in [1.82, 2.24) is 9.97 Å². The molecule has 0 radical (unpaired) electrons. The summed E-state index contributed by atoms with van der Waals surface area (Å²) in [5.41, 5.74) is 1.04. The van der Waals surface area contributed by atoms with Gasteiger partial charge in [0.2, 0.25) is 0 Å². The third-order valence-electron chi connectivity index (χ3n) is 2.18. The minimum atomic E-state index is -0.529. The molecule has 6 nitrogen and oxygen atoms in total. The summed E-state index contributed by atoms with van der Waals surface area (Å²) in [5.74, 6) is -0.00492. The van der Waals surface area contributed by atoms with Crippen molar-refractivity contribution in [2.24, 2.45) is 0 Å². The van der Waals surface area contributed by atoms with Gasteiger partial charge in [0.1, 0.15) is 0 Å². The molecule has 2 aromatic rings. The van der Waals surface area contributed by atoms with Crippen molar-refractivity contribution in [1.29, 1.82) is 0 Å². The molecule has 6 heteroatoms. The van der Waals surface area contributed by atoms with Crippen LogP contribution >= 0.6 is 0 Å². The fraction of sp³-hybridized carbons (Fsp3) is 0.0909. The van der Waals surface area contributed by atoms with Crippen LogP contribution in [0.2, 0.25) is 0 Å². The maximum atomic E-state index is 10.8. The lowest BCUT2D eigenvalue weighted by molar-refractivity contribution is -0.386. The molecular weight excluding hydrogens is 222 g/mol. The van der Waals surface area contributed by atoms with Gasteiger partial charge in [-0.05, 0) is 12.1 Å². The molecule has 0 saturated heterocycles. The van der Waals surface area contributed by atoms with Gasteiger partial charge in [-0.1, -0.05) is 6.07 Å². The number of rotatable bonds is 3. The van der Waals surface area contributed by atoms with Crippen molar-refractivity contribution < 1.29 is 9.66 Å². The lowest BCUT2D eigenvalue weighted by Gasteiger charge is -2.03. The van der Waals surface area contributed by atoms with Crippen LogP contribution in [0.1, 0.15) is 0 Å². The van der Waals surface area contributed by atoms with E-state index in [4.69, 9.17) is 4.74 Å². The Morgan fingerprint density at radius 3 is 2.76 bits per heavy atom. The van der Waals surface area contributed by atoms with Crippen molar-refractivity contribution in [2.45, 2.75) is 0 Å². The number of hydrogen-bond donors (Lipinski definition) is 0. The number of ether oxygens (including phenoxy) is 1. The van der Waals surface area contributed by atoms with E-state index >= 15 is 0 Å². The molecule has 0 spiro atoms. The number of nitrogens with zero attached hydrogens (tertiary/aromatic N) is 3. The van der Waals surface area contributed by atoms with Gasteiger partial charge in [0.15, 0.2) is 0 Å². The fourth-order valence-electron chi connectivity index (χ4n) is 1.40. The first-order chi connectivity index (χ1) is 8.22. The number of aromatic nitrogens is 2. The van der Waals surface area contributed by atoms with Gasteiger partial charge in [0, 0.05) is 24.0 Å². The van der Waals surface area contributed by atoms with Crippen LogP contribution in [0.3, 0.4) is 0 Å². The molecule has 0 aliphatic carbocycles. The first kappa shape index (κ1) is 11.0. The summed E-state index contributed by atoms with van der Waals surface area (Å²) in [6, 6.07) is 6.73. The van der Waals surface area contributed by atoms with Crippen LogP contribution in [0.4, 0.5) is 5.69 Å². The molecular formula is C11H9N3O3. The molecule has 0 aliphatic heterocycles. The maximum Gasteiger partial charge on any atom is 0.331 e. The van der Waals surface area contributed by atoms with Gasteiger partial charge in [0.05, 0.1) is 17.7 Å². The normalized spacial score (nSPS) is 9.94. The quantitative estimate of drug-likeness (QED) is 0.596. The van der Waals surface area contributed by atoms with Gasteiger partial charge in [-0.3, -0.25) is 15.1 Å². The molecule has 0 amide bonds. The third kappa shape index (κ3) is 2.20. The largest absolute Gasteiger partial charge is 0.476 e. The molecule has 0 aromatic carbocycles. The third-order valence-corrected chi connectivity index (χ3v) is 2.18. The predicted octanol–water partition coefficient (Wildman–Crippen LogP) is 2.06. The first-order valence-corrected chi connectivity index (χ1v) is 4.82. The Kier molecular flexibility index (Phi) is 2.95. The number of methoxy groups -OCH3 is 1. The first-order valence-electron chi connectivity index (χ1n) is 4.82. The standard InChI is InChI=1S/C11H9N3O3/c1-17-11-10(14(15)16)6-8(7-13-11)9-4-2-3-5-12-9/h2-7H,1H3. The summed E-state index contributed by atoms with van der Waals surface area (Å²) in [5, 5.41) is 10.8. The van der Waals surface area contributed by atoms with Gasteiger partial charge in [-0.15, -0.1) is 0 Å². The van der Waals surface area contributed by atoms with Crippen molar-refractivity contribution >= 4 is 5.69 Å². The Hall–Kier alpha value is -2.50. The summed E-state index contributed by atoms with van der Waals surface area (Å²) >= 11 is 0. The maximum absolute atomic E-state index is 10.8. The van der Waals surface area contributed by atoms with E-state index in [2.05, 4.69) is 9.97 Å². The zero-order valence-electron chi connectivity index (χ0n) is 9.03. The van der Waals surface area contributed by atoms with Crippen molar-refractivity contribution in [2.75, 3.05) is 7.11 Å². The number of pyridine rings is 2. The molecule has 0 atom stereocenters. The highest BCUT2D eigenvalue weighted by Crippen LogP contribution is 2.28. The van der Waals surface area contributed by atoms with Gasteiger partial charge >= 0.3 is 5.69 Å². The Labute approximate surface area is 97.1 Å². The molecule has 0 N–H and O–H groups in total. The highest BCUT2D eigenvalue weighted by Gasteiger charge is 2.17. The lowest BCUT2D eigenvalue weighted by atomic mass is 10.2.